The molecule has 0 saturated carbocycles. The first kappa shape index (κ1) is 10.7. The van der Waals surface area contributed by atoms with E-state index < -0.39 is 0 Å². The first-order valence-corrected chi connectivity index (χ1v) is 5.50. The number of rotatable bonds is 1. The number of nitrogens with zero attached hydrogens (tertiary/aromatic N) is 1. The second-order valence-electron chi connectivity index (χ2n) is 4.38. The highest BCUT2D eigenvalue weighted by molar-refractivity contribution is 6.30. The summed E-state index contributed by atoms with van der Waals surface area (Å²) in [6.07, 6.45) is 2.03. The average Bonchev–Trinajstić information content (AvgIpc) is 2.20. The van der Waals surface area contributed by atoms with Crippen molar-refractivity contribution < 1.29 is 0 Å². The fourth-order valence-corrected chi connectivity index (χ4v) is 1.77. The van der Waals surface area contributed by atoms with Crippen molar-refractivity contribution in [3.8, 4) is 0 Å². The summed E-state index contributed by atoms with van der Waals surface area (Å²) in [5.41, 5.74) is 1.13. The van der Waals surface area contributed by atoms with Crippen LogP contribution in [0.25, 0.3) is 0 Å². The maximum atomic E-state index is 5.85. The topological polar surface area (TPSA) is 24.4 Å². The smallest absolute Gasteiger partial charge is 0.104 e. The fraction of sp³-hybridized carbons (Fsp3) is 0.417. The van der Waals surface area contributed by atoms with E-state index in [1.165, 1.54) is 5.56 Å². The van der Waals surface area contributed by atoms with Crippen LogP contribution in [-0.4, -0.2) is 18.4 Å². The third-order valence-corrected chi connectivity index (χ3v) is 2.88. The molecule has 80 valence electrons. The van der Waals surface area contributed by atoms with E-state index >= 15 is 0 Å². The SMILES string of the molecule is CC1(C)N=CC(c2ccc(Cl)cc2)CN1. The third-order valence-electron chi connectivity index (χ3n) is 2.63. The Morgan fingerprint density at radius 1 is 1.33 bits per heavy atom. The average molecular weight is 223 g/mol. The van der Waals surface area contributed by atoms with Gasteiger partial charge in [0, 0.05) is 23.7 Å². The molecule has 15 heavy (non-hydrogen) atoms. The highest BCUT2D eigenvalue weighted by Gasteiger charge is 2.22. The minimum Gasteiger partial charge on any atom is -0.293 e. The van der Waals surface area contributed by atoms with E-state index in [0.717, 1.165) is 11.6 Å². The molecule has 0 saturated heterocycles. The van der Waals surface area contributed by atoms with Crippen molar-refractivity contribution in [3.63, 3.8) is 0 Å². The van der Waals surface area contributed by atoms with Gasteiger partial charge >= 0.3 is 0 Å². The van der Waals surface area contributed by atoms with Crippen LogP contribution >= 0.6 is 11.6 Å². The normalized spacial score (nSPS) is 24.1. The van der Waals surface area contributed by atoms with E-state index in [1.54, 1.807) is 0 Å². The lowest BCUT2D eigenvalue weighted by Crippen LogP contribution is -2.43. The van der Waals surface area contributed by atoms with Gasteiger partial charge in [0.05, 0.1) is 0 Å². The lowest BCUT2D eigenvalue weighted by atomic mass is 9.98. The highest BCUT2D eigenvalue weighted by atomic mass is 35.5. The van der Waals surface area contributed by atoms with Gasteiger partial charge in [-0.3, -0.25) is 10.3 Å². The molecule has 1 N–H and O–H groups in total. The Labute approximate surface area is 95.4 Å². The van der Waals surface area contributed by atoms with Gasteiger partial charge in [-0.2, -0.15) is 0 Å². The van der Waals surface area contributed by atoms with E-state index in [0.29, 0.717) is 5.92 Å². The maximum Gasteiger partial charge on any atom is 0.104 e. The number of benzene rings is 1. The van der Waals surface area contributed by atoms with E-state index in [2.05, 4.69) is 36.3 Å². The van der Waals surface area contributed by atoms with Crippen molar-refractivity contribution in [2.45, 2.75) is 25.4 Å². The molecule has 1 aromatic rings. The molecule has 0 amide bonds. The molecule has 0 bridgehead atoms. The summed E-state index contributed by atoms with van der Waals surface area (Å²) < 4.78 is 0. The fourth-order valence-electron chi connectivity index (χ4n) is 1.65. The number of nitrogens with one attached hydrogen (secondary N) is 1. The molecule has 1 heterocycles. The first-order valence-electron chi connectivity index (χ1n) is 5.13. The maximum absolute atomic E-state index is 5.85. The number of hydrogen-bond acceptors (Lipinski definition) is 2. The van der Waals surface area contributed by atoms with Gasteiger partial charge < -0.3 is 0 Å². The second-order valence-corrected chi connectivity index (χ2v) is 4.81. The van der Waals surface area contributed by atoms with Gasteiger partial charge in [0.15, 0.2) is 0 Å². The van der Waals surface area contributed by atoms with E-state index in [4.69, 9.17) is 11.6 Å². The number of aliphatic imine (C=N–C) groups is 1. The zero-order valence-corrected chi connectivity index (χ0v) is 9.75. The highest BCUT2D eigenvalue weighted by Crippen LogP contribution is 2.21. The summed E-state index contributed by atoms with van der Waals surface area (Å²) in [7, 11) is 0. The molecule has 2 nitrogen and oxygen atoms in total. The summed E-state index contributed by atoms with van der Waals surface area (Å²) in [6, 6.07) is 7.95. The molecule has 1 aliphatic heterocycles. The van der Waals surface area contributed by atoms with Crippen LogP contribution < -0.4 is 5.32 Å². The van der Waals surface area contributed by atoms with Crippen molar-refractivity contribution in [2.24, 2.45) is 4.99 Å². The van der Waals surface area contributed by atoms with Gasteiger partial charge in [-0.05, 0) is 31.5 Å². The quantitative estimate of drug-likeness (QED) is 0.777. The molecule has 0 aromatic heterocycles. The minimum absolute atomic E-state index is 0.122. The van der Waals surface area contributed by atoms with Crippen molar-refractivity contribution in [2.75, 3.05) is 6.54 Å². The molecule has 0 fully saturated rings. The van der Waals surface area contributed by atoms with Crippen molar-refractivity contribution in [3.05, 3.63) is 34.9 Å². The molecule has 0 spiro atoms. The summed E-state index contributed by atoms with van der Waals surface area (Å²) in [5, 5.41) is 4.17. The van der Waals surface area contributed by atoms with E-state index in [9.17, 15) is 0 Å². The Morgan fingerprint density at radius 2 is 2.00 bits per heavy atom. The molecule has 1 unspecified atom stereocenters. The largest absolute Gasteiger partial charge is 0.293 e. The van der Waals surface area contributed by atoms with Crippen LogP contribution in [0, 0.1) is 0 Å². The zero-order chi connectivity index (χ0) is 10.9. The van der Waals surface area contributed by atoms with Crippen LogP contribution in [0.2, 0.25) is 5.02 Å². The summed E-state index contributed by atoms with van der Waals surface area (Å²) in [5.74, 6) is 0.357. The minimum atomic E-state index is -0.122. The molecule has 3 heteroatoms. The Morgan fingerprint density at radius 3 is 2.53 bits per heavy atom. The molecular weight excluding hydrogens is 208 g/mol. The van der Waals surface area contributed by atoms with Crippen LogP contribution in [0.3, 0.4) is 0 Å². The number of halogens is 1. The lowest BCUT2D eigenvalue weighted by Gasteiger charge is -2.29. The zero-order valence-electron chi connectivity index (χ0n) is 9.00. The van der Waals surface area contributed by atoms with Crippen LogP contribution in [0.5, 0.6) is 0 Å². The lowest BCUT2D eigenvalue weighted by molar-refractivity contribution is 0.389. The van der Waals surface area contributed by atoms with Gasteiger partial charge in [0.25, 0.3) is 0 Å². The summed E-state index contributed by atoms with van der Waals surface area (Å²) in [6.45, 7) is 5.07. The van der Waals surface area contributed by atoms with Gasteiger partial charge in [0.2, 0.25) is 0 Å². The van der Waals surface area contributed by atoms with E-state index in [1.807, 2.05) is 18.3 Å². The Balaban J connectivity index is 2.17. The third kappa shape index (κ3) is 2.58. The predicted octanol–water partition coefficient (Wildman–Crippen LogP) is 2.83. The van der Waals surface area contributed by atoms with Crippen LogP contribution in [-0.2, 0) is 0 Å². The van der Waals surface area contributed by atoms with Gasteiger partial charge in [0.1, 0.15) is 5.66 Å². The molecule has 0 radical (unpaired) electrons. The monoisotopic (exact) mass is 222 g/mol. The van der Waals surface area contributed by atoms with Crippen LogP contribution in [0.4, 0.5) is 0 Å². The van der Waals surface area contributed by atoms with E-state index in [-0.39, 0.29) is 5.66 Å². The summed E-state index contributed by atoms with van der Waals surface area (Å²) in [4.78, 5) is 4.47. The van der Waals surface area contributed by atoms with Crippen molar-refractivity contribution >= 4 is 17.8 Å². The molecule has 1 aliphatic rings. The van der Waals surface area contributed by atoms with Gasteiger partial charge in [-0.25, -0.2) is 0 Å². The van der Waals surface area contributed by atoms with Crippen molar-refractivity contribution in [1.82, 2.24) is 5.32 Å². The molecule has 2 rings (SSSR count). The second kappa shape index (κ2) is 3.95. The number of hydrogen-bond donors (Lipinski definition) is 1. The Kier molecular flexibility index (Phi) is 2.81. The molecule has 1 aromatic carbocycles. The Bertz CT molecular complexity index is 368. The van der Waals surface area contributed by atoms with Gasteiger partial charge in [-0.15, -0.1) is 0 Å². The van der Waals surface area contributed by atoms with Crippen LogP contribution in [0.15, 0.2) is 29.3 Å². The van der Waals surface area contributed by atoms with Gasteiger partial charge in [-0.1, -0.05) is 23.7 Å². The van der Waals surface area contributed by atoms with Crippen LogP contribution in [0.1, 0.15) is 25.3 Å². The standard InChI is InChI=1S/C12H15ClN2/c1-12(2)14-7-10(8-15-12)9-3-5-11(13)6-4-9/h3-7,10,15H,8H2,1-2H3. The molecular formula is C12H15ClN2. The Hall–Kier alpha value is -0.860. The first-order chi connectivity index (χ1) is 7.07. The summed E-state index contributed by atoms with van der Waals surface area (Å²) >= 11 is 5.85. The molecule has 0 aliphatic carbocycles. The molecule has 1 atom stereocenters. The predicted molar refractivity (Wildman–Crippen MR) is 64.8 cm³/mol. The van der Waals surface area contributed by atoms with Crippen molar-refractivity contribution in [1.29, 1.82) is 0 Å².